The van der Waals surface area contributed by atoms with Gasteiger partial charge in [0.05, 0.1) is 4.47 Å². The summed E-state index contributed by atoms with van der Waals surface area (Å²) in [6.45, 7) is 2.34. The minimum absolute atomic E-state index is 0.149. The van der Waals surface area contributed by atoms with Gasteiger partial charge in [-0.2, -0.15) is 0 Å². The minimum Gasteiger partial charge on any atom is -0.484 e. The lowest BCUT2D eigenvalue weighted by atomic mass is 10.1. The number of hydrogen-bond donors (Lipinski definition) is 1. The summed E-state index contributed by atoms with van der Waals surface area (Å²) < 4.78 is 6.60. The first kappa shape index (κ1) is 14.0. The van der Waals surface area contributed by atoms with Crippen LogP contribution in [0, 0.1) is 0 Å². The van der Waals surface area contributed by atoms with Crippen LogP contribution >= 0.6 is 15.9 Å². The smallest absolute Gasteiger partial charge is 0.166 e. The van der Waals surface area contributed by atoms with E-state index in [1.807, 2.05) is 25.1 Å². The Hall–Kier alpha value is -1.46. The van der Waals surface area contributed by atoms with Crippen molar-refractivity contribution in [2.75, 3.05) is 0 Å². The summed E-state index contributed by atoms with van der Waals surface area (Å²) in [7, 11) is 0. The van der Waals surface area contributed by atoms with E-state index >= 15 is 0 Å². The summed E-state index contributed by atoms with van der Waals surface area (Å²) in [5.74, 6) is 1.44. The van der Waals surface area contributed by atoms with Crippen LogP contribution < -0.4 is 10.5 Å². The predicted octanol–water partition coefficient (Wildman–Crippen LogP) is 2.71. The molecule has 5 heteroatoms. The SMILES string of the molecule is CC(N)Cc1ccc(OCc2ncccn2)c(Br)c1. The van der Waals surface area contributed by atoms with Crippen LogP contribution in [0.3, 0.4) is 0 Å². The normalized spacial score (nSPS) is 12.2. The van der Waals surface area contributed by atoms with Gasteiger partial charge < -0.3 is 10.5 Å². The molecule has 0 spiro atoms. The van der Waals surface area contributed by atoms with Crippen LogP contribution in [0.15, 0.2) is 41.1 Å². The molecule has 19 heavy (non-hydrogen) atoms. The van der Waals surface area contributed by atoms with E-state index in [0.717, 1.165) is 16.6 Å². The number of hydrogen-bond acceptors (Lipinski definition) is 4. The topological polar surface area (TPSA) is 61.0 Å². The highest BCUT2D eigenvalue weighted by molar-refractivity contribution is 9.10. The minimum atomic E-state index is 0.149. The zero-order valence-corrected chi connectivity index (χ0v) is 12.3. The van der Waals surface area contributed by atoms with E-state index in [9.17, 15) is 0 Å². The van der Waals surface area contributed by atoms with Crippen LogP contribution in [-0.4, -0.2) is 16.0 Å². The number of aromatic nitrogens is 2. The molecule has 0 fully saturated rings. The van der Waals surface area contributed by atoms with E-state index in [4.69, 9.17) is 10.5 Å². The molecule has 0 aliphatic carbocycles. The van der Waals surface area contributed by atoms with Gasteiger partial charge in [-0.05, 0) is 53.0 Å². The molecule has 0 radical (unpaired) electrons. The van der Waals surface area contributed by atoms with E-state index in [1.165, 1.54) is 5.56 Å². The van der Waals surface area contributed by atoms with Gasteiger partial charge in [0.1, 0.15) is 12.4 Å². The third-order valence-corrected chi connectivity index (χ3v) is 3.15. The number of rotatable bonds is 5. The van der Waals surface area contributed by atoms with Gasteiger partial charge in [-0.25, -0.2) is 9.97 Å². The Bertz CT molecular complexity index is 531. The lowest BCUT2D eigenvalue weighted by Crippen LogP contribution is -2.17. The van der Waals surface area contributed by atoms with Crippen molar-refractivity contribution in [3.63, 3.8) is 0 Å². The van der Waals surface area contributed by atoms with E-state index in [-0.39, 0.29) is 6.04 Å². The predicted molar refractivity (Wildman–Crippen MR) is 77.9 cm³/mol. The molecule has 0 aliphatic heterocycles. The van der Waals surface area contributed by atoms with Crippen molar-refractivity contribution in [2.24, 2.45) is 5.73 Å². The summed E-state index contributed by atoms with van der Waals surface area (Å²) in [4.78, 5) is 8.22. The zero-order valence-electron chi connectivity index (χ0n) is 10.7. The average molecular weight is 322 g/mol. The maximum absolute atomic E-state index is 5.78. The molecule has 1 heterocycles. The van der Waals surface area contributed by atoms with Crippen molar-refractivity contribution in [1.82, 2.24) is 9.97 Å². The first-order valence-corrected chi connectivity index (χ1v) is 6.87. The third-order valence-electron chi connectivity index (χ3n) is 2.53. The molecular formula is C14H16BrN3O. The van der Waals surface area contributed by atoms with Gasteiger partial charge in [0, 0.05) is 18.4 Å². The van der Waals surface area contributed by atoms with Gasteiger partial charge in [0.25, 0.3) is 0 Å². The third kappa shape index (κ3) is 4.29. The molecule has 0 saturated heterocycles. The van der Waals surface area contributed by atoms with Crippen molar-refractivity contribution >= 4 is 15.9 Å². The molecule has 2 N–H and O–H groups in total. The van der Waals surface area contributed by atoms with E-state index in [2.05, 4.69) is 25.9 Å². The molecule has 1 atom stereocenters. The Kier molecular flexibility index (Phi) is 4.87. The van der Waals surface area contributed by atoms with Gasteiger partial charge in [0.2, 0.25) is 0 Å². The maximum Gasteiger partial charge on any atom is 0.166 e. The van der Waals surface area contributed by atoms with Crippen molar-refractivity contribution in [3.05, 3.63) is 52.5 Å². The van der Waals surface area contributed by atoms with E-state index < -0.39 is 0 Å². The van der Waals surface area contributed by atoms with Gasteiger partial charge >= 0.3 is 0 Å². The van der Waals surface area contributed by atoms with Gasteiger partial charge in [0.15, 0.2) is 5.82 Å². The maximum atomic E-state index is 5.78. The highest BCUT2D eigenvalue weighted by atomic mass is 79.9. The molecule has 2 aromatic rings. The Morgan fingerprint density at radius 1 is 1.32 bits per heavy atom. The summed E-state index contributed by atoms with van der Waals surface area (Å²) in [5, 5.41) is 0. The molecule has 0 bridgehead atoms. The lowest BCUT2D eigenvalue weighted by Gasteiger charge is -2.10. The fraction of sp³-hybridized carbons (Fsp3) is 0.286. The Morgan fingerprint density at radius 3 is 2.68 bits per heavy atom. The van der Waals surface area contributed by atoms with Crippen LogP contribution in [-0.2, 0) is 13.0 Å². The monoisotopic (exact) mass is 321 g/mol. The van der Waals surface area contributed by atoms with Gasteiger partial charge in [-0.1, -0.05) is 6.07 Å². The van der Waals surface area contributed by atoms with Crippen molar-refractivity contribution in [2.45, 2.75) is 26.0 Å². The highest BCUT2D eigenvalue weighted by Gasteiger charge is 2.05. The summed E-state index contributed by atoms with van der Waals surface area (Å²) in [6, 6.07) is 7.92. The molecule has 0 amide bonds. The van der Waals surface area contributed by atoms with Crippen LogP contribution in [0.1, 0.15) is 18.3 Å². The van der Waals surface area contributed by atoms with E-state index in [1.54, 1.807) is 18.5 Å². The van der Waals surface area contributed by atoms with Crippen LogP contribution in [0.5, 0.6) is 5.75 Å². The molecule has 2 rings (SSSR count). The van der Waals surface area contributed by atoms with Crippen LogP contribution in [0.4, 0.5) is 0 Å². The second-order valence-electron chi connectivity index (χ2n) is 4.40. The van der Waals surface area contributed by atoms with Crippen molar-refractivity contribution in [1.29, 1.82) is 0 Å². The standard InChI is InChI=1S/C14H16BrN3O/c1-10(16)7-11-3-4-13(12(15)8-11)19-9-14-17-5-2-6-18-14/h2-6,8,10H,7,9,16H2,1H3. The van der Waals surface area contributed by atoms with Gasteiger partial charge in [-0.15, -0.1) is 0 Å². The molecular weight excluding hydrogens is 306 g/mol. The zero-order chi connectivity index (χ0) is 13.7. The first-order valence-electron chi connectivity index (χ1n) is 6.08. The quantitative estimate of drug-likeness (QED) is 0.919. The van der Waals surface area contributed by atoms with Crippen molar-refractivity contribution < 1.29 is 4.74 Å². The summed E-state index contributed by atoms with van der Waals surface area (Å²) >= 11 is 3.50. The Labute approximate surface area is 121 Å². The molecule has 1 unspecified atom stereocenters. The second kappa shape index (κ2) is 6.63. The lowest BCUT2D eigenvalue weighted by molar-refractivity contribution is 0.294. The second-order valence-corrected chi connectivity index (χ2v) is 5.25. The molecule has 4 nitrogen and oxygen atoms in total. The Balaban J connectivity index is 2.01. The fourth-order valence-electron chi connectivity index (χ4n) is 1.71. The first-order chi connectivity index (χ1) is 9.15. The van der Waals surface area contributed by atoms with E-state index in [0.29, 0.717) is 12.4 Å². The Morgan fingerprint density at radius 2 is 2.05 bits per heavy atom. The van der Waals surface area contributed by atoms with Crippen LogP contribution in [0.2, 0.25) is 0 Å². The number of nitrogens with zero attached hydrogens (tertiary/aromatic N) is 2. The molecule has 100 valence electrons. The number of ether oxygens (including phenoxy) is 1. The highest BCUT2D eigenvalue weighted by Crippen LogP contribution is 2.27. The number of nitrogens with two attached hydrogens (primary N) is 1. The van der Waals surface area contributed by atoms with Gasteiger partial charge in [-0.3, -0.25) is 0 Å². The molecule has 1 aromatic carbocycles. The average Bonchev–Trinajstić information content (AvgIpc) is 2.38. The summed E-state index contributed by atoms with van der Waals surface area (Å²) in [5.41, 5.74) is 6.97. The van der Waals surface area contributed by atoms with Crippen LogP contribution in [0.25, 0.3) is 0 Å². The number of benzene rings is 1. The summed E-state index contributed by atoms with van der Waals surface area (Å²) in [6.07, 6.45) is 4.25. The fourth-order valence-corrected chi connectivity index (χ4v) is 2.25. The molecule has 0 saturated carbocycles. The van der Waals surface area contributed by atoms with Crippen molar-refractivity contribution in [3.8, 4) is 5.75 Å². The molecule has 0 aliphatic rings. The molecule has 1 aromatic heterocycles. The largest absolute Gasteiger partial charge is 0.484 e. The number of halogens is 1.